The zero-order valence-corrected chi connectivity index (χ0v) is 29.5. The Morgan fingerprint density at radius 2 is 0.524 bits per heavy atom. The highest BCUT2D eigenvalue weighted by Crippen LogP contribution is 2.16. The Labute approximate surface area is 266 Å². The molecule has 0 heterocycles. The SMILES string of the molecule is CCCCCCCCCCCCCCCCCCCCCCCCOC(=O)CCCCCCCCCCCCCCC. The van der Waals surface area contributed by atoms with Gasteiger partial charge in [0.25, 0.3) is 0 Å². The molecule has 0 N–H and O–H groups in total. The van der Waals surface area contributed by atoms with Crippen LogP contribution in [0.15, 0.2) is 0 Å². The number of unbranched alkanes of at least 4 members (excludes halogenated alkanes) is 33. The van der Waals surface area contributed by atoms with Gasteiger partial charge in [0.2, 0.25) is 0 Å². The molecule has 0 rings (SSSR count). The Hall–Kier alpha value is -0.530. The second-order valence-electron chi connectivity index (χ2n) is 13.6. The maximum absolute atomic E-state index is 11.9. The molecule has 0 amide bonds. The molecule has 0 aromatic carbocycles. The van der Waals surface area contributed by atoms with Crippen LogP contribution in [-0.2, 0) is 9.53 Å². The molecule has 2 heteroatoms. The Balaban J connectivity index is 3.13. The standard InChI is InChI=1S/C40H80O2/c1-3-5-7-9-11-13-15-17-18-19-20-21-22-23-24-25-27-29-31-33-35-37-39-42-40(41)38-36-34-32-30-28-26-16-14-12-10-8-6-4-2/h3-39H2,1-2H3. The van der Waals surface area contributed by atoms with E-state index in [9.17, 15) is 4.79 Å². The van der Waals surface area contributed by atoms with Gasteiger partial charge in [0.05, 0.1) is 6.61 Å². The second kappa shape index (κ2) is 38.5. The van der Waals surface area contributed by atoms with Crippen LogP contribution in [0.4, 0.5) is 0 Å². The van der Waals surface area contributed by atoms with Crippen molar-refractivity contribution in [2.45, 2.75) is 245 Å². The average Bonchev–Trinajstić information content (AvgIpc) is 3.00. The molecule has 42 heavy (non-hydrogen) atoms. The van der Waals surface area contributed by atoms with Crippen LogP contribution in [0.1, 0.15) is 245 Å². The quantitative estimate of drug-likeness (QED) is 0.0529. The molecule has 0 saturated heterocycles. The third-order valence-corrected chi connectivity index (χ3v) is 9.25. The third kappa shape index (κ3) is 37.5. The van der Waals surface area contributed by atoms with Gasteiger partial charge in [-0.15, -0.1) is 0 Å². The zero-order chi connectivity index (χ0) is 30.4. The first kappa shape index (κ1) is 41.5. The van der Waals surface area contributed by atoms with Crippen molar-refractivity contribution in [1.82, 2.24) is 0 Å². The van der Waals surface area contributed by atoms with Crippen molar-refractivity contribution >= 4 is 5.97 Å². The molecule has 252 valence electrons. The summed E-state index contributed by atoms with van der Waals surface area (Å²) in [4.78, 5) is 11.9. The van der Waals surface area contributed by atoms with Crippen LogP contribution < -0.4 is 0 Å². The van der Waals surface area contributed by atoms with E-state index < -0.39 is 0 Å². The highest BCUT2D eigenvalue weighted by molar-refractivity contribution is 5.69. The fraction of sp³-hybridized carbons (Fsp3) is 0.975. The van der Waals surface area contributed by atoms with Gasteiger partial charge in [0.1, 0.15) is 0 Å². The van der Waals surface area contributed by atoms with Gasteiger partial charge in [-0.25, -0.2) is 0 Å². The largest absolute Gasteiger partial charge is 0.466 e. The summed E-state index contributed by atoms with van der Waals surface area (Å²) in [5.74, 6) is 0.0292. The maximum atomic E-state index is 11.9. The van der Waals surface area contributed by atoms with Crippen LogP contribution in [0.3, 0.4) is 0 Å². The first-order valence-electron chi connectivity index (χ1n) is 20.0. The van der Waals surface area contributed by atoms with Gasteiger partial charge >= 0.3 is 5.97 Å². The highest BCUT2D eigenvalue weighted by atomic mass is 16.5. The number of carbonyl (C=O) groups excluding carboxylic acids is 1. The smallest absolute Gasteiger partial charge is 0.305 e. The molecule has 0 saturated carbocycles. The maximum Gasteiger partial charge on any atom is 0.305 e. The molecule has 0 unspecified atom stereocenters. The van der Waals surface area contributed by atoms with Crippen molar-refractivity contribution in [3.8, 4) is 0 Å². The molecule has 0 spiro atoms. The molecule has 0 aliphatic rings. The molecule has 0 bridgehead atoms. The molecule has 0 atom stereocenters. The molecule has 0 radical (unpaired) electrons. The lowest BCUT2D eigenvalue weighted by molar-refractivity contribution is -0.143. The minimum absolute atomic E-state index is 0.0292. The third-order valence-electron chi connectivity index (χ3n) is 9.25. The van der Waals surface area contributed by atoms with Crippen LogP contribution in [0.5, 0.6) is 0 Å². The molecule has 0 aromatic heterocycles. The van der Waals surface area contributed by atoms with E-state index in [4.69, 9.17) is 4.74 Å². The fourth-order valence-electron chi connectivity index (χ4n) is 6.26. The zero-order valence-electron chi connectivity index (χ0n) is 29.5. The van der Waals surface area contributed by atoms with Gasteiger partial charge in [0.15, 0.2) is 0 Å². The number of hydrogen-bond acceptors (Lipinski definition) is 2. The summed E-state index contributed by atoms with van der Waals surface area (Å²) in [6.07, 6.45) is 49.0. The van der Waals surface area contributed by atoms with Gasteiger partial charge in [-0.2, -0.15) is 0 Å². The second-order valence-corrected chi connectivity index (χ2v) is 13.6. The van der Waals surface area contributed by atoms with E-state index in [1.165, 1.54) is 212 Å². The van der Waals surface area contributed by atoms with E-state index in [0.29, 0.717) is 13.0 Å². The fourth-order valence-corrected chi connectivity index (χ4v) is 6.26. The van der Waals surface area contributed by atoms with Crippen LogP contribution in [0.2, 0.25) is 0 Å². The topological polar surface area (TPSA) is 26.3 Å². The number of rotatable bonds is 37. The summed E-state index contributed by atoms with van der Waals surface area (Å²) in [5, 5.41) is 0. The normalized spacial score (nSPS) is 11.4. The van der Waals surface area contributed by atoms with E-state index in [-0.39, 0.29) is 5.97 Å². The average molecular weight is 593 g/mol. The van der Waals surface area contributed by atoms with Crippen LogP contribution in [0, 0.1) is 0 Å². The lowest BCUT2D eigenvalue weighted by Crippen LogP contribution is -2.05. The number of hydrogen-bond donors (Lipinski definition) is 0. The molecular formula is C40H80O2. The van der Waals surface area contributed by atoms with Gasteiger partial charge in [-0.1, -0.05) is 226 Å². The summed E-state index contributed by atoms with van der Waals surface area (Å²) in [6, 6.07) is 0. The molecule has 0 fully saturated rings. The van der Waals surface area contributed by atoms with Crippen LogP contribution in [-0.4, -0.2) is 12.6 Å². The van der Waals surface area contributed by atoms with Crippen molar-refractivity contribution in [1.29, 1.82) is 0 Å². The summed E-state index contributed by atoms with van der Waals surface area (Å²) in [6.45, 7) is 5.22. The predicted octanol–water partition coefficient (Wildman–Crippen LogP) is 14.6. The monoisotopic (exact) mass is 593 g/mol. The van der Waals surface area contributed by atoms with Crippen LogP contribution >= 0.6 is 0 Å². The van der Waals surface area contributed by atoms with E-state index in [2.05, 4.69) is 13.8 Å². The van der Waals surface area contributed by atoms with Gasteiger partial charge in [0, 0.05) is 6.42 Å². The van der Waals surface area contributed by atoms with Gasteiger partial charge in [-0.05, 0) is 12.8 Å². The highest BCUT2D eigenvalue weighted by Gasteiger charge is 2.03. The minimum Gasteiger partial charge on any atom is -0.466 e. The van der Waals surface area contributed by atoms with E-state index in [1.807, 2.05) is 0 Å². The van der Waals surface area contributed by atoms with Crippen molar-refractivity contribution in [3.63, 3.8) is 0 Å². The number of ether oxygens (including phenoxy) is 1. The van der Waals surface area contributed by atoms with Crippen molar-refractivity contribution < 1.29 is 9.53 Å². The van der Waals surface area contributed by atoms with E-state index in [1.54, 1.807) is 0 Å². The number of carbonyl (C=O) groups is 1. The van der Waals surface area contributed by atoms with Gasteiger partial charge in [-0.3, -0.25) is 4.79 Å². The molecule has 0 aliphatic carbocycles. The van der Waals surface area contributed by atoms with Crippen LogP contribution in [0.25, 0.3) is 0 Å². The Kier molecular flexibility index (Phi) is 38.0. The summed E-state index contributed by atoms with van der Waals surface area (Å²) in [5.41, 5.74) is 0. The van der Waals surface area contributed by atoms with Gasteiger partial charge < -0.3 is 4.74 Å². The summed E-state index contributed by atoms with van der Waals surface area (Å²) in [7, 11) is 0. The van der Waals surface area contributed by atoms with Crippen molar-refractivity contribution in [2.24, 2.45) is 0 Å². The Morgan fingerprint density at radius 3 is 0.786 bits per heavy atom. The first-order chi connectivity index (χ1) is 20.8. The minimum atomic E-state index is 0.0292. The first-order valence-corrected chi connectivity index (χ1v) is 20.0. The summed E-state index contributed by atoms with van der Waals surface area (Å²) >= 11 is 0. The Morgan fingerprint density at radius 1 is 0.310 bits per heavy atom. The molecular weight excluding hydrogens is 512 g/mol. The lowest BCUT2D eigenvalue weighted by Gasteiger charge is -2.06. The van der Waals surface area contributed by atoms with E-state index in [0.717, 1.165) is 12.8 Å². The molecule has 2 nitrogen and oxygen atoms in total. The van der Waals surface area contributed by atoms with Crippen molar-refractivity contribution in [2.75, 3.05) is 6.61 Å². The molecule has 0 aromatic rings. The van der Waals surface area contributed by atoms with E-state index >= 15 is 0 Å². The number of esters is 1. The van der Waals surface area contributed by atoms with Crippen molar-refractivity contribution in [3.05, 3.63) is 0 Å². The Bertz CT molecular complexity index is 488. The molecule has 0 aliphatic heterocycles. The lowest BCUT2D eigenvalue weighted by atomic mass is 10.0. The summed E-state index contributed by atoms with van der Waals surface area (Å²) < 4.78 is 5.45. The predicted molar refractivity (Wildman–Crippen MR) is 189 cm³/mol.